The van der Waals surface area contributed by atoms with Gasteiger partial charge in [0.25, 0.3) is 0 Å². The number of halogens is 2. The van der Waals surface area contributed by atoms with Crippen molar-refractivity contribution in [2.24, 2.45) is 5.92 Å². The van der Waals surface area contributed by atoms with E-state index in [1.54, 1.807) is 0 Å². The molecule has 4 aromatic rings. The Hall–Kier alpha value is -3.33. The van der Waals surface area contributed by atoms with Crippen molar-refractivity contribution in [1.29, 1.82) is 0 Å². The number of esters is 1. The van der Waals surface area contributed by atoms with E-state index >= 15 is 0 Å². The van der Waals surface area contributed by atoms with Crippen molar-refractivity contribution in [2.45, 2.75) is 12.0 Å². The number of cyclic esters (lactones) is 1. The minimum absolute atomic E-state index is 0.249. The number of rotatable bonds is 5. The molecule has 4 aromatic carbocycles. The van der Waals surface area contributed by atoms with Crippen LogP contribution in [0.2, 0.25) is 10.0 Å². The topological polar surface area (TPSA) is 26.3 Å². The lowest BCUT2D eigenvalue weighted by atomic mass is 9.80. The predicted octanol–water partition coefficient (Wildman–Crippen LogP) is 7.93. The van der Waals surface area contributed by atoms with E-state index in [2.05, 4.69) is 0 Å². The van der Waals surface area contributed by atoms with Crippen molar-refractivity contribution in [3.8, 4) is 0 Å². The molecule has 2 unspecified atom stereocenters. The Balaban J connectivity index is 1.61. The first-order valence-electron chi connectivity index (χ1n) is 11.1. The molecule has 0 amide bonds. The average Bonchev–Trinajstić information content (AvgIpc) is 3.21. The highest BCUT2D eigenvalue weighted by atomic mass is 35.5. The van der Waals surface area contributed by atoms with E-state index in [0.29, 0.717) is 16.5 Å². The lowest BCUT2D eigenvalue weighted by Crippen LogP contribution is -2.27. The number of benzene rings is 4. The highest BCUT2D eigenvalue weighted by molar-refractivity contribution is 6.30. The SMILES string of the molecule is O=C1OC(c2ccccc2)(c2ccc(Cl)cc2)CC1/C=C(/c1ccccc1)c1ccc(Cl)cc1. The van der Waals surface area contributed by atoms with Crippen molar-refractivity contribution in [3.05, 3.63) is 148 Å². The predicted molar refractivity (Wildman–Crippen MR) is 138 cm³/mol. The van der Waals surface area contributed by atoms with Gasteiger partial charge < -0.3 is 4.74 Å². The first kappa shape index (κ1) is 22.5. The van der Waals surface area contributed by atoms with Crippen molar-refractivity contribution in [2.75, 3.05) is 0 Å². The second kappa shape index (κ2) is 9.50. The summed E-state index contributed by atoms with van der Waals surface area (Å²) in [7, 11) is 0. The van der Waals surface area contributed by atoms with Crippen LogP contribution in [-0.4, -0.2) is 5.97 Å². The van der Waals surface area contributed by atoms with Crippen LogP contribution < -0.4 is 0 Å². The fourth-order valence-corrected chi connectivity index (χ4v) is 4.82. The minimum atomic E-state index is -0.883. The third kappa shape index (κ3) is 4.40. The molecule has 0 saturated carbocycles. The molecule has 1 aliphatic heterocycles. The van der Waals surface area contributed by atoms with Crippen LogP contribution in [0.3, 0.4) is 0 Å². The Morgan fingerprint density at radius 1 is 0.706 bits per heavy atom. The lowest BCUT2D eigenvalue weighted by Gasteiger charge is -2.29. The Bertz CT molecular complexity index is 1310. The summed E-state index contributed by atoms with van der Waals surface area (Å²) in [4.78, 5) is 13.3. The molecule has 0 spiro atoms. The van der Waals surface area contributed by atoms with Gasteiger partial charge >= 0.3 is 5.97 Å². The van der Waals surface area contributed by atoms with E-state index in [9.17, 15) is 4.79 Å². The monoisotopic (exact) mass is 484 g/mol. The van der Waals surface area contributed by atoms with Gasteiger partial charge in [-0.05, 0) is 41.0 Å². The quantitative estimate of drug-likeness (QED) is 0.268. The van der Waals surface area contributed by atoms with E-state index in [0.717, 1.165) is 27.8 Å². The lowest BCUT2D eigenvalue weighted by molar-refractivity contribution is -0.147. The maximum atomic E-state index is 13.3. The van der Waals surface area contributed by atoms with Crippen LogP contribution in [-0.2, 0) is 15.1 Å². The zero-order chi connectivity index (χ0) is 23.5. The molecule has 4 heteroatoms. The molecule has 1 fully saturated rings. The third-order valence-electron chi connectivity index (χ3n) is 6.24. The summed E-state index contributed by atoms with van der Waals surface area (Å²) in [6.45, 7) is 0. The van der Waals surface area contributed by atoms with E-state index in [-0.39, 0.29) is 5.97 Å². The number of hydrogen-bond acceptors (Lipinski definition) is 2. The molecule has 1 heterocycles. The van der Waals surface area contributed by atoms with Gasteiger partial charge in [0.1, 0.15) is 0 Å². The maximum absolute atomic E-state index is 13.3. The van der Waals surface area contributed by atoms with Gasteiger partial charge in [0.15, 0.2) is 5.60 Å². The summed E-state index contributed by atoms with van der Waals surface area (Å²) >= 11 is 12.3. The summed E-state index contributed by atoms with van der Waals surface area (Å²) in [5.74, 6) is -0.678. The summed E-state index contributed by atoms with van der Waals surface area (Å²) in [6.07, 6.45) is 2.52. The zero-order valence-electron chi connectivity index (χ0n) is 18.3. The zero-order valence-corrected chi connectivity index (χ0v) is 19.8. The molecule has 0 N–H and O–H groups in total. The molecule has 168 valence electrons. The molecule has 2 nitrogen and oxygen atoms in total. The number of ether oxygens (including phenoxy) is 1. The van der Waals surface area contributed by atoms with Gasteiger partial charge in [-0.3, -0.25) is 4.79 Å². The van der Waals surface area contributed by atoms with Gasteiger partial charge in [0.05, 0.1) is 5.92 Å². The van der Waals surface area contributed by atoms with Gasteiger partial charge in [-0.25, -0.2) is 0 Å². The second-order valence-electron chi connectivity index (χ2n) is 8.38. The fraction of sp³-hybridized carbons (Fsp3) is 0.100. The summed E-state index contributed by atoms with van der Waals surface area (Å²) < 4.78 is 6.22. The number of hydrogen-bond donors (Lipinski definition) is 0. The van der Waals surface area contributed by atoms with Crippen molar-refractivity contribution in [3.63, 3.8) is 0 Å². The molecule has 1 saturated heterocycles. The van der Waals surface area contributed by atoms with Crippen molar-refractivity contribution >= 4 is 34.7 Å². The standard InChI is InChI=1S/C30H22Cl2O2/c31-26-15-11-22(12-16-26)28(21-7-3-1-4-8-21)19-23-20-30(34-29(23)33,24-9-5-2-6-10-24)25-13-17-27(32)18-14-25/h1-19,23H,20H2/b28-19-. The molecule has 1 aliphatic rings. The minimum Gasteiger partial charge on any atom is -0.449 e. The van der Waals surface area contributed by atoms with Crippen LogP contribution in [0.4, 0.5) is 0 Å². The van der Waals surface area contributed by atoms with Gasteiger partial charge in [-0.15, -0.1) is 0 Å². The van der Waals surface area contributed by atoms with Gasteiger partial charge in [0, 0.05) is 27.6 Å². The molecule has 0 aromatic heterocycles. The van der Waals surface area contributed by atoms with Crippen molar-refractivity contribution < 1.29 is 9.53 Å². The van der Waals surface area contributed by atoms with Crippen molar-refractivity contribution in [1.82, 2.24) is 0 Å². The molecule has 0 aliphatic carbocycles. The van der Waals surface area contributed by atoms with Crippen LogP contribution in [0.1, 0.15) is 28.7 Å². The van der Waals surface area contributed by atoms with Crippen LogP contribution in [0, 0.1) is 5.92 Å². The van der Waals surface area contributed by atoms with Gasteiger partial charge in [-0.1, -0.05) is 114 Å². The van der Waals surface area contributed by atoms with E-state index in [1.165, 1.54) is 0 Å². The van der Waals surface area contributed by atoms with E-state index in [1.807, 2.05) is 115 Å². The largest absolute Gasteiger partial charge is 0.449 e. The molecule has 5 rings (SSSR count). The maximum Gasteiger partial charge on any atom is 0.314 e. The Morgan fingerprint density at radius 3 is 1.82 bits per heavy atom. The van der Waals surface area contributed by atoms with E-state index in [4.69, 9.17) is 27.9 Å². The Morgan fingerprint density at radius 2 is 1.21 bits per heavy atom. The molecular formula is C30H22Cl2O2. The summed E-state index contributed by atoms with van der Waals surface area (Å²) in [5, 5.41) is 1.31. The smallest absolute Gasteiger partial charge is 0.314 e. The Kier molecular flexibility index (Phi) is 6.28. The van der Waals surface area contributed by atoms with Crippen LogP contribution in [0.25, 0.3) is 5.57 Å². The second-order valence-corrected chi connectivity index (χ2v) is 9.26. The Labute approximate surface area is 209 Å². The normalized spacial score (nSPS) is 20.2. The first-order chi connectivity index (χ1) is 16.5. The molecule has 0 bridgehead atoms. The molecular weight excluding hydrogens is 463 g/mol. The first-order valence-corrected chi connectivity index (χ1v) is 11.9. The average molecular weight is 485 g/mol. The van der Waals surface area contributed by atoms with Crippen LogP contribution in [0.15, 0.2) is 115 Å². The summed E-state index contributed by atoms with van der Waals surface area (Å²) in [5.41, 5.74) is 3.95. The summed E-state index contributed by atoms with van der Waals surface area (Å²) in [6, 6.07) is 35.2. The third-order valence-corrected chi connectivity index (χ3v) is 6.75. The van der Waals surface area contributed by atoms with Gasteiger partial charge in [-0.2, -0.15) is 0 Å². The number of carbonyl (C=O) groups is 1. The fourth-order valence-electron chi connectivity index (χ4n) is 4.56. The van der Waals surface area contributed by atoms with Gasteiger partial charge in [0.2, 0.25) is 0 Å². The molecule has 0 radical (unpaired) electrons. The molecule has 2 atom stereocenters. The molecule has 34 heavy (non-hydrogen) atoms. The van der Waals surface area contributed by atoms with Crippen LogP contribution >= 0.6 is 23.2 Å². The highest BCUT2D eigenvalue weighted by Crippen LogP contribution is 2.46. The van der Waals surface area contributed by atoms with Crippen LogP contribution in [0.5, 0.6) is 0 Å². The highest BCUT2D eigenvalue weighted by Gasteiger charge is 2.48. The van der Waals surface area contributed by atoms with E-state index < -0.39 is 11.5 Å². The number of carbonyl (C=O) groups excluding carboxylic acids is 1.